The molecule has 2 heterocycles. The first-order valence-electron chi connectivity index (χ1n) is 9.50. The van der Waals surface area contributed by atoms with Crippen molar-refractivity contribution in [3.05, 3.63) is 52.4 Å². The van der Waals surface area contributed by atoms with Gasteiger partial charge >= 0.3 is 12.2 Å². The molecule has 0 aliphatic carbocycles. The van der Waals surface area contributed by atoms with Gasteiger partial charge in [-0.3, -0.25) is 9.69 Å². The quantitative estimate of drug-likeness (QED) is 0.674. The Labute approximate surface area is 186 Å². The molecule has 1 aliphatic rings. The van der Waals surface area contributed by atoms with Crippen molar-refractivity contribution >= 4 is 35.0 Å². The monoisotopic (exact) mass is 473 g/mol. The number of alkyl halides is 3. The molecule has 1 aromatic heterocycles. The molecule has 2 N–H and O–H groups in total. The molecular formula is C20H20ClF4N5O2. The third-order valence-electron chi connectivity index (χ3n) is 5.00. The summed E-state index contributed by atoms with van der Waals surface area (Å²) < 4.78 is 53.5. The summed E-state index contributed by atoms with van der Waals surface area (Å²) in [5, 5.41) is -0.207. The van der Waals surface area contributed by atoms with E-state index in [0.717, 1.165) is 28.0 Å². The Morgan fingerprint density at radius 2 is 2.00 bits per heavy atom. The van der Waals surface area contributed by atoms with E-state index in [2.05, 4.69) is 4.98 Å². The molecule has 1 atom stereocenters. The molecule has 0 radical (unpaired) electrons. The number of urea groups is 1. The zero-order valence-corrected chi connectivity index (χ0v) is 17.9. The number of amides is 3. The normalized spacial score (nSPS) is 16.6. The number of nitrogens with zero attached hydrogens (tertiary/aromatic N) is 4. The standard InChI is InChI=1S/C20H20ClF4N5O2/c1-11-7-12(20(23,24)25)8-17(27-11)30-16(10-29(6-5-26)19(30)32)18(31)28(2)13-3-4-15(22)14(21)9-13/h3-4,7-9,16H,5-6,10,26H2,1-2H3/t16-/m0/s1. The Bertz CT molecular complexity index is 1050. The fraction of sp³-hybridized carbons (Fsp3) is 0.350. The van der Waals surface area contributed by atoms with Gasteiger partial charge in [-0.1, -0.05) is 11.6 Å². The molecule has 172 valence electrons. The van der Waals surface area contributed by atoms with Gasteiger partial charge in [0, 0.05) is 31.5 Å². The molecule has 1 fully saturated rings. The van der Waals surface area contributed by atoms with Gasteiger partial charge in [-0.05, 0) is 37.3 Å². The maximum atomic E-state index is 13.5. The van der Waals surface area contributed by atoms with Crippen molar-refractivity contribution in [2.45, 2.75) is 19.1 Å². The molecule has 32 heavy (non-hydrogen) atoms. The van der Waals surface area contributed by atoms with E-state index in [1.54, 1.807) is 0 Å². The topological polar surface area (TPSA) is 82.8 Å². The number of aromatic nitrogens is 1. The highest BCUT2D eigenvalue weighted by atomic mass is 35.5. The minimum atomic E-state index is -4.66. The number of rotatable bonds is 5. The average Bonchev–Trinajstić information content (AvgIpc) is 3.04. The van der Waals surface area contributed by atoms with Crippen molar-refractivity contribution in [2.24, 2.45) is 5.73 Å². The first kappa shape index (κ1) is 23.7. The van der Waals surface area contributed by atoms with Crippen LogP contribution in [0.15, 0.2) is 30.3 Å². The summed E-state index contributed by atoms with van der Waals surface area (Å²) in [6.45, 7) is 1.45. The van der Waals surface area contributed by atoms with Gasteiger partial charge in [0.25, 0.3) is 5.91 Å². The van der Waals surface area contributed by atoms with E-state index >= 15 is 0 Å². The van der Waals surface area contributed by atoms with E-state index in [1.165, 1.54) is 31.0 Å². The van der Waals surface area contributed by atoms with Crippen LogP contribution < -0.4 is 15.5 Å². The molecule has 1 aliphatic heterocycles. The lowest BCUT2D eigenvalue weighted by Gasteiger charge is -2.27. The van der Waals surface area contributed by atoms with E-state index < -0.39 is 35.5 Å². The second kappa shape index (κ2) is 8.91. The Morgan fingerprint density at radius 1 is 1.31 bits per heavy atom. The minimum Gasteiger partial charge on any atom is -0.329 e. The Hall–Kier alpha value is -2.92. The van der Waals surface area contributed by atoms with Gasteiger partial charge in [0.15, 0.2) is 0 Å². The van der Waals surface area contributed by atoms with Gasteiger partial charge < -0.3 is 15.5 Å². The van der Waals surface area contributed by atoms with E-state index in [-0.39, 0.29) is 41.9 Å². The van der Waals surface area contributed by atoms with Crippen molar-refractivity contribution in [3.63, 3.8) is 0 Å². The predicted octanol–water partition coefficient (Wildman–Crippen LogP) is 3.43. The number of hydrogen-bond acceptors (Lipinski definition) is 4. The zero-order chi connectivity index (χ0) is 23.8. The van der Waals surface area contributed by atoms with Crippen LogP contribution in [0.25, 0.3) is 0 Å². The van der Waals surface area contributed by atoms with Crippen LogP contribution in [0, 0.1) is 12.7 Å². The van der Waals surface area contributed by atoms with Crippen molar-refractivity contribution in [3.8, 4) is 0 Å². The summed E-state index contributed by atoms with van der Waals surface area (Å²) in [5.74, 6) is -1.59. The molecule has 0 bridgehead atoms. The van der Waals surface area contributed by atoms with Gasteiger partial charge in [-0.2, -0.15) is 13.2 Å². The second-order valence-corrected chi connectivity index (χ2v) is 7.66. The third-order valence-corrected chi connectivity index (χ3v) is 5.29. The lowest BCUT2D eigenvalue weighted by molar-refractivity contribution is -0.137. The number of carbonyl (C=O) groups excluding carboxylic acids is 2. The number of aryl methyl sites for hydroxylation is 1. The van der Waals surface area contributed by atoms with Crippen molar-refractivity contribution in [1.29, 1.82) is 0 Å². The van der Waals surface area contributed by atoms with E-state index in [1.807, 2.05) is 0 Å². The van der Waals surface area contributed by atoms with Crippen molar-refractivity contribution in [1.82, 2.24) is 9.88 Å². The number of anilines is 2. The summed E-state index contributed by atoms with van der Waals surface area (Å²) >= 11 is 5.80. The summed E-state index contributed by atoms with van der Waals surface area (Å²) in [6, 6.07) is 3.35. The van der Waals surface area contributed by atoms with E-state index in [4.69, 9.17) is 17.3 Å². The van der Waals surface area contributed by atoms with Crippen LogP contribution in [-0.4, -0.2) is 54.5 Å². The maximum absolute atomic E-state index is 13.5. The number of benzene rings is 1. The van der Waals surface area contributed by atoms with Gasteiger partial charge in [0.2, 0.25) is 0 Å². The molecule has 7 nitrogen and oxygen atoms in total. The van der Waals surface area contributed by atoms with Crippen LogP contribution >= 0.6 is 11.6 Å². The fourth-order valence-corrected chi connectivity index (χ4v) is 3.60. The summed E-state index contributed by atoms with van der Waals surface area (Å²) in [6.07, 6.45) is -4.66. The largest absolute Gasteiger partial charge is 0.416 e. The molecule has 0 unspecified atom stereocenters. The SMILES string of the molecule is Cc1cc(C(F)(F)F)cc(N2C(=O)N(CCN)C[C@H]2C(=O)N(C)c2ccc(F)c(Cl)c2)n1. The molecule has 12 heteroatoms. The highest BCUT2D eigenvalue weighted by molar-refractivity contribution is 6.31. The van der Waals surface area contributed by atoms with E-state index in [0.29, 0.717) is 0 Å². The number of pyridine rings is 1. The van der Waals surface area contributed by atoms with Crippen LogP contribution in [0.4, 0.5) is 33.9 Å². The Morgan fingerprint density at radius 3 is 2.59 bits per heavy atom. The van der Waals surface area contributed by atoms with Gasteiger partial charge in [-0.25, -0.2) is 14.2 Å². The van der Waals surface area contributed by atoms with E-state index in [9.17, 15) is 27.2 Å². The summed E-state index contributed by atoms with van der Waals surface area (Å²) in [7, 11) is 1.39. The number of halogens is 5. The summed E-state index contributed by atoms with van der Waals surface area (Å²) in [5.41, 5.74) is 4.83. The van der Waals surface area contributed by atoms with Crippen molar-refractivity contribution < 1.29 is 27.2 Å². The first-order valence-corrected chi connectivity index (χ1v) is 9.88. The van der Waals surface area contributed by atoms with Crippen LogP contribution in [0.3, 0.4) is 0 Å². The number of carbonyl (C=O) groups is 2. The van der Waals surface area contributed by atoms with Crippen molar-refractivity contribution in [2.75, 3.05) is 36.5 Å². The third kappa shape index (κ3) is 4.63. The molecule has 1 aromatic carbocycles. The highest BCUT2D eigenvalue weighted by Gasteiger charge is 2.45. The fourth-order valence-electron chi connectivity index (χ4n) is 3.43. The predicted molar refractivity (Wildman–Crippen MR) is 111 cm³/mol. The van der Waals surface area contributed by atoms with Crippen LogP contribution in [0.2, 0.25) is 5.02 Å². The molecule has 2 aromatic rings. The average molecular weight is 474 g/mol. The second-order valence-electron chi connectivity index (χ2n) is 7.25. The van der Waals surface area contributed by atoms with Crippen LogP contribution in [0.1, 0.15) is 11.3 Å². The summed E-state index contributed by atoms with van der Waals surface area (Å²) in [4.78, 5) is 33.7. The van der Waals surface area contributed by atoms with Gasteiger partial charge in [0.1, 0.15) is 17.7 Å². The number of nitrogens with two attached hydrogens (primary N) is 1. The van der Waals surface area contributed by atoms with Gasteiger partial charge in [0.05, 0.1) is 17.1 Å². The Kier molecular flexibility index (Phi) is 6.61. The maximum Gasteiger partial charge on any atom is 0.416 e. The van der Waals surface area contributed by atoms with Gasteiger partial charge in [-0.15, -0.1) is 0 Å². The first-order chi connectivity index (χ1) is 14.9. The van der Waals surface area contributed by atoms with Crippen LogP contribution in [-0.2, 0) is 11.0 Å². The Balaban J connectivity index is 2.03. The van der Waals surface area contributed by atoms with Crippen LogP contribution in [0.5, 0.6) is 0 Å². The zero-order valence-electron chi connectivity index (χ0n) is 17.2. The molecule has 1 saturated heterocycles. The smallest absolute Gasteiger partial charge is 0.329 e. The lowest BCUT2D eigenvalue weighted by atomic mass is 10.1. The molecule has 0 saturated carbocycles. The minimum absolute atomic E-state index is 0.0322. The lowest BCUT2D eigenvalue weighted by Crippen LogP contribution is -2.47. The molecule has 0 spiro atoms. The number of likely N-dealkylation sites (N-methyl/N-ethyl adjacent to an activating group) is 1. The molecule has 3 rings (SSSR count). The molecular weight excluding hydrogens is 454 g/mol. The highest BCUT2D eigenvalue weighted by Crippen LogP contribution is 2.34. The number of hydrogen-bond donors (Lipinski definition) is 1. The molecule has 3 amide bonds.